The molecule has 0 saturated heterocycles. The van der Waals surface area contributed by atoms with Gasteiger partial charge in [0.15, 0.2) is 11.4 Å². The number of ether oxygens (including phenoxy) is 1. The molecule has 8 heteroatoms. The van der Waals surface area contributed by atoms with Gasteiger partial charge >= 0.3 is 5.97 Å². The number of aromatic amines is 1. The highest BCUT2D eigenvalue weighted by Crippen LogP contribution is 2.27. The van der Waals surface area contributed by atoms with E-state index in [0.29, 0.717) is 43.9 Å². The van der Waals surface area contributed by atoms with Gasteiger partial charge in [-0.3, -0.25) is 4.79 Å². The van der Waals surface area contributed by atoms with Crippen molar-refractivity contribution in [2.24, 2.45) is 0 Å². The second-order valence-electron chi connectivity index (χ2n) is 5.65. The lowest BCUT2D eigenvalue weighted by atomic mass is 10.1. The number of halogens is 1. The Hall–Kier alpha value is -2.25. The van der Waals surface area contributed by atoms with Gasteiger partial charge in [-0.05, 0) is 44.5 Å². The molecule has 0 aliphatic heterocycles. The molecule has 26 heavy (non-hydrogen) atoms. The molecule has 0 atom stereocenters. The summed E-state index contributed by atoms with van der Waals surface area (Å²) in [7, 11) is 0. The van der Waals surface area contributed by atoms with Crippen molar-refractivity contribution in [2.75, 3.05) is 12.4 Å². The van der Waals surface area contributed by atoms with Crippen molar-refractivity contribution in [1.82, 2.24) is 9.97 Å². The van der Waals surface area contributed by atoms with Crippen LogP contribution in [-0.2, 0) is 4.74 Å². The monoisotopic (exact) mass is 392 g/mol. The van der Waals surface area contributed by atoms with Crippen molar-refractivity contribution in [1.29, 1.82) is 0 Å². The third kappa shape index (κ3) is 3.64. The van der Waals surface area contributed by atoms with E-state index >= 15 is 0 Å². The first-order chi connectivity index (χ1) is 12.4. The number of carbonyl (C=O) groups excluding carboxylic acids is 2. The molecule has 0 aliphatic rings. The van der Waals surface area contributed by atoms with Crippen LogP contribution in [0.1, 0.15) is 39.0 Å². The van der Waals surface area contributed by atoms with Crippen LogP contribution in [0.25, 0.3) is 11.1 Å². The number of aromatic nitrogens is 2. The van der Waals surface area contributed by atoms with Crippen molar-refractivity contribution < 1.29 is 18.7 Å². The highest BCUT2D eigenvalue weighted by Gasteiger charge is 2.23. The topological polar surface area (TPSA) is 85.2 Å². The van der Waals surface area contributed by atoms with Gasteiger partial charge in [-0.25, -0.2) is 9.78 Å². The van der Waals surface area contributed by atoms with Crippen LogP contribution in [0, 0.1) is 13.8 Å². The molecule has 0 fully saturated rings. The Morgan fingerprint density at radius 2 is 2.12 bits per heavy atom. The number of hydrogen-bond donors (Lipinski definition) is 1. The second-order valence-corrected chi connectivity index (χ2v) is 7.01. The summed E-state index contributed by atoms with van der Waals surface area (Å²) in [4.78, 5) is 31.9. The normalized spacial score (nSPS) is 11.1. The number of nitrogens with zero attached hydrogens (tertiary/aromatic N) is 1. The number of benzene rings is 1. The summed E-state index contributed by atoms with van der Waals surface area (Å²) in [5.74, 6) is -0.448. The Bertz CT molecular complexity index is 993. The average Bonchev–Trinajstić information content (AvgIpc) is 3.12. The van der Waals surface area contributed by atoms with E-state index in [1.165, 1.54) is 11.8 Å². The first-order valence-corrected chi connectivity index (χ1v) is 9.35. The zero-order chi connectivity index (χ0) is 18.8. The predicted octanol–water partition coefficient (Wildman–Crippen LogP) is 4.58. The van der Waals surface area contributed by atoms with Crippen molar-refractivity contribution in [3.8, 4) is 0 Å². The van der Waals surface area contributed by atoms with Crippen LogP contribution in [0.5, 0.6) is 0 Å². The van der Waals surface area contributed by atoms with E-state index in [1.54, 1.807) is 39.0 Å². The van der Waals surface area contributed by atoms with Gasteiger partial charge in [0.05, 0.1) is 23.6 Å². The van der Waals surface area contributed by atoms with Crippen LogP contribution < -0.4 is 0 Å². The molecule has 1 N–H and O–H groups in total. The maximum atomic E-state index is 12.6. The molecule has 0 saturated carbocycles. The molecule has 6 nitrogen and oxygen atoms in total. The molecule has 0 amide bonds. The lowest BCUT2D eigenvalue weighted by Crippen LogP contribution is -2.08. The van der Waals surface area contributed by atoms with Crippen LogP contribution in [-0.4, -0.2) is 34.1 Å². The summed E-state index contributed by atoms with van der Waals surface area (Å²) in [6.45, 7) is 5.50. The fourth-order valence-electron chi connectivity index (χ4n) is 2.68. The van der Waals surface area contributed by atoms with Crippen LogP contribution in [0.3, 0.4) is 0 Å². The number of hydrogen-bond acceptors (Lipinski definition) is 6. The smallest absolute Gasteiger partial charge is 0.340 e. The summed E-state index contributed by atoms with van der Waals surface area (Å²) in [5.41, 5.74) is 3.28. The molecule has 0 radical (unpaired) electrons. The number of esters is 1. The van der Waals surface area contributed by atoms with Gasteiger partial charge in [0, 0.05) is 10.7 Å². The van der Waals surface area contributed by atoms with Crippen molar-refractivity contribution in [3.63, 3.8) is 0 Å². The Labute approximate surface area is 159 Å². The number of carbonyl (C=O) groups is 2. The van der Waals surface area contributed by atoms with E-state index in [1.807, 2.05) is 0 Å². The lowest BCUT2D eigenvalue weighted by molar-refractivity contribution is 0.0525. The maximum Gasteiger partial charge on any atom is 0.340 e. The molecule has 2 heterocycles. The van der Waals surface area contributed by atoms with Crippen molar-refractivity contribution in [2.45, 2.75) is 26.0 Å². The van der Waals surface area contributed by atoms with Gasteiger partial charge < -0.3 is 14.1 Å². The molecule has 0 bridgehead atoms. The van der Waals surface area contributed by atoms with E-state index in [9.17, 15) is 9.59 Å². The minimum atomic E-state index is -0.429. The molecule has 136 valence electrons. The molecule has 0 aliphatic carbocycles. The Balaban J connectivity index is 1.75. The summed E-state index contributed by atoms with van der Waals surface area (Å²) in [5, 5.41) is 0.963. The number of H-pyrrole nitrogens is 1. The predicted molar refractivity (Wildman–Crippen MR) is 100 cm³/mol. The van der Waals surface area contributed by atoms with Crippen molar-refractivity contribution in [3.05, 3.63) is 45.7 Å². The molecule has 2 aromatic heterocycles. The zero-order valence-electron chi connectivity index (χ0n) is 14.5. The van der Waals surface area contributed by atoms with E-state index in [0.717, 1.165) is 0 Å². The molecule has 3 rings (SSSR count). The summed E-state index contributed by atoms with van der Waals surface area (Å²) in [6, 6.07) is 5.16. The Morgan fingerprint density at radius 1 is 1.35 bits per heavy atom. The fourth-order valence-corrected chi connectivity index (χ4v) is 3.56. The van der Waals surface area contributed by atoms with Gasteiger partial charge in [-0.1, -0.05) is 23.4 Å². The van der Waals surface area contributed by atoms with E-state index in [-0.39, 0.29) is 18.1 Å². The lowest BCUT2D eigenvalue weighted by Gasteiger charge is -2.02. The molecular formula is C18H17ClN2O4S. The van der Waals surface area contributed by atoms with E-state index in [2.05, 4.69) is 9.97 Å². The van der Waals surface area contributed by atoms with Gasteiger partial charge in [-0.2, -0.15) is 0 Å². The minimum Gasteiger partial charge on any atom is -0.462 e. The average molecular weight is 393 g/mol. The van der Waals surface area contributed by atoms with Gasteiger partial charge in [-0.15, -0.1) is 0 Å². The summed E-state index contributed by atoms with van der Waals surface area (Å²) < 4.78 is 10.6. The largest absolute Gasteiger partial charge is 0.462 e. The Kier molecular flexibility index (Phi) is 5.38. The number of Topliss-reactive ketones (excluding diaryl/α,β-unsaturated/α-hetero) is 1. The van der Waals surface area contributed by atoms with Gasteiger partial charge in [0.2, 0.25) is 0 Å². The van der Waals surface area contributed by atoms with Crippen LogP contribution in [0.4, 0.5) is 0 Å². The number of aryl methyl sites for hydroxylation is 1. The summed E-state index contributed by atoms with van der Waals surface area (Å²) >= 11 is 7.12. The molecule has 3 aromatic rings. The number of nitrogens with one attached hydrogen (secondary N) is 1. The highest BCUT2D eigenvalue weighted by molar-refractivity contribution is 7.99. The number of thioether (sulfide) groups is 1. The Morgan fingerprint density at radius 3 is 2.85 bits per heavy atom. The van der Waals surface area contributed by atoms with Crippen LogP contribution >= 0.6 is 23.4 Å². The second kappa shape index (κ2) is 7.55. The molecule has 0 unspecified atom stereocenters. The van der Waals surface area contributed by atoms with E-state index < -0.39 is 5.97 Å². The van der Waals surface area contributed by atoms with Gasteiger partial charge in [0.1, 0.15) is 5.52 Å². The first kappa shape index (κ1) is 18.5. The minimum absolute atomic E-state index is 0.129. The van der Waals surface area contributed by atoms with Crippen LogP contribution in [0.2, 0.25) is 5.02 Å². The fraction of sp³-hybridized carbons (Fsp3) is 0.278. The quantitative estimate of drug-likeness (QED) is 0.375. The number of fused-ring (bicyclic) bond motifs is 1. The number of oxazole rings is 1. The third-order valence-corrected chi connectivity index (χ3v) is 4.92. The van der Waals surface area contributed by atoms with Gasteiger partial charge in [0.25, 0.3) is 5.22 Å². The zero-order valence-corrected chi connectivity index (χ0v) is 16.1. The molecule has 1 aromatic carbocycles. The molecule has 0 spiro atoms. The standard InChI is InChI=1S/C18H17ClN2O4S/c1-4-24-17(23)15-9(2)16(20-10(15)3)13(22)8-26-18-21-12-7-11(19)5-6-14(12)25-18/h5-7,20H,4,8H2,1-3H3. The first-order valence-electron chi connectivity index (χ1n) is 7.99. The molecular weight excluding hydrogens is 376 g/mol. The van der Waals surface area contributed by atoms with Crippen molar-refractivity contribution >= 4 is 46.2 Å². The number of rotatable bonds is 6. The van der Waals surface area contributed by atoms with E-state index in [4.69, 9.17) is 20.8 Å². The number of ketones is 1. The highest BCUT2D eigenvalue weighted by atomic mass is 35.5. The summed E-state index contributed by atoms with van der Waals surface area (Å²) in [6.07, 6.45) is 0. The van der Waals surface area contributed by atoms with Crippen LogP contribution in [0.15, 0.2) is 27.8 Å². The third-order valence-electron chi connectivity index (χ3n) is 3.85. The SMILES string of the molecule is CCOC(=O)c1c(C)[nH]c(C(=O)CSc2nc3cc(Cl)ccc3o2)c1C. The maximum absolute atomic E-state index is 12.6.